The van der Waals surface area contributed by atoms with Crippen LogP contribution in [0.25, 0.3) is 44.5 Å². The minimum Gasteiger partial charge on any atom is -0.310 e. The van der Waals surface area contributed by atoms with Crippen molar-refractivity contribution in [3.63, 3.8) is 0 Å². The second-order valence-electron chi connectivity index (χ2n) is 24.2. The van der Waals surface area contributed by atoms with E-state index in [1.807, 2.05) is 0 Å². The van der Waals surface area contributed by atoms with Crippen molar-refractivity contribution in [2.24, 2.45) is 0 Å². The number of rotatable bonds is 7. The van der Waals surface area contributed by atoms with Gasteiger partial charge in [-0.15, -0.1) is 0 Å². The summed E-state index contributed by atoms with van der Waals surface area (Å²) in [5.74, 6) is 0. The Morgan fingerprint density at radius 1 is 0.333 bits per heavy atom. The highest BCUT2D eigenvalue weighted by Gasteiger charge is 2.49. The molecule has 0 spiro atoms. The molecule has 10 aromatic rings. The SMILES string of the molecule is CC(C)(C)c1cccc(C2(c3cccc(C(C)(C)C)c3)c3ccccc3-c3c(N(c4cccc(-c5cccc6c5C(C)(C)c5ccccc5-6)c4)c4ccc5c(c4)C(C)(c4ccccc4)c4ccccc4-5)cccc32)c1. The second kappa shape index (κ2) is 16.8. The zero-order valence-corrected chi connectivity index (χ0v) is 44.9. The summed E-state index contributed by atoms with van der Waals surface area (Å²) in [6.45, 7) is 21.2. The number of hydrogen-bond donors (Lipinski definition) is 0. The van der Waals surface area contributed by atoms with E-state index in [9.17, 15) is 0 Å². The number of hydrogen-bond acceptors (Lipinski definition) is 1. The maximum atomic E-state index is 2.59. The van der Waals surface area contributed by atoms with Crippen LogP contribution in [0.2, 0.25) is 0 Å². The Bertz CT molecular complexity index is 3850. The Labute approximate surface area is 445 Å². The fraction of sp³-hybridized carbons (Fsp3) is 0.189. The molecular formula is C74H65N. The predicted molar refractivity (Wildman–Crippen MR) is 316 cm³/mol. The summed E-state index contributed by atoms with van der Waals surface area (Å²) in [5, 5.41) is 0. The van der Waals surface area contributed by atoms with Gasteiger partial charge in [-0.2, -0.15) is 0 Å². The van der Waals surface area contributed by atoms with E-state index in [-0.39, 0.29) is 21.7 Å². The molecule has 0 amide bonds. The summed E-state index contributed by atoms with van der Waals surface area (Å²) < 4.78 is 0. The van der Waals surface area contributed by atoms with Crippen LogP contribution in [0.1, 0.15) is 124 Å². The van der Waals surface area contributed by atoms with Gasteiger partial charge in [0.05, 0.1) is 11.1 Å². The average molecular weight is 968 g/mol. The van der Waals surface area contributed by atoms with E-state index >= 15 is 0 Å². The lowest BCUT2D eigenvalue weighted by atomic mass is 9.66. The quantitative estimate of drug-likeness (QED) is 0.154. The van der Waals surface area contributed by atoms with Crippen molar-refractivity contribution < 1.29 is 0 Å². The van der Waals surface area contributed by atoms with Gasteiger partial charge in [-0.1, -0.05) is 256 Å². The number of benzene rings is 10. The summed E-state index contributed by atoms with van der Waals surface area (Å²) >= 11 is 0. The molecule has 1 atom stereocenters. The minimum atomic E-state index is -0.616. The van der Waals surface area contributed by atoms with Gasteiger partial charge in [0.25, 0.3) is 0 Å². The zero-order chi connectivity index (χ0) is 51.6. The average Bonchev–Trinajstić information content (AvgIpc) is 4.08. The number of nitrogens with zero attached hydrogens (tertiary/aromatic N) is 1. The van der Waals surface area contributed by atoms with Gasteiger partial charge in [0.1, 0.15) is 0 Å². The molecule has 10 aromatic carbocycles. The monoisotopic (exact) mass is 968 g/mol. The van der Waals surface area contributed by atoms with Gasteiger partial charge in [0, 0.05) is 27.8 Å². The normalized spacial score (nSPS) is 16.3. The molecule has 0 saturated heterocycles. The van der Waals surface area contributed by atoms with Crippen LogP contribution in [0.4, 0.5) is 17.1 Å². The summed E-state index contributed by atoms with van der Waals surface area (Å²) in [4.78, 5) is 2.59. The smallest absolute Gasteiger partial charge is 0.0714 e. The van der Waals surface area contributed by atoms with E-state index in [0.717, 1.165) is 17.1 Å². The highest BCUT2D eigenvalue weighted by Crippen LogP contribution is 2.61. The zero-order valence-electron chi connectivity index (χ0n) is 44.9. The molecule has 0 heterocycles. The van der Waals surface area contributed by atoms with Crippen LogP contribution in [0.5, 0.6) is 0 Å². The Morgan fingerprint density at radius 2 is 0.827 bits per heavy atom. The van der Waals surface area contributed by atoms with Gasteiger partial charge < -0.3 is 4.90 Å². The molecular weight excluding hydrogens is 903 g/mol. The fourth-order valence-electron chi connectivity index (χ4n) is 13.8. The van der Waals surface area contributed by atoms with E-state index in [1.165, 1.54) is 106 Å². The Kier molecular flexibility index (Phi) is 10.4. The van der Waals surface area contributed by atoms with Gasteiger partial charge in [0.2, 0.25) is 0 Å². The van der Waals surface area contributed by atoms with Gasteiger partial charge in [-0.05, 0) is 148 Å². The summed E-state index contributed by atoms with van der Waals surface area (Å²) in [7, 11) is 0. The summed E-state index contributed by atoms with van der Waals surface area (Å²) in [6.07, 6.45) is 0. The number of fused-ring (bicyclic) bond motifs is 9. The molecule has 0 aliphatic heterocycles. The first-order valence-corrected chi connectivity index (χ1v) is 27.0. The van der Waals surface area contributed by atoms with E-state index in [0.29, 0.717) is 0 Å². The molecule has 1 unspecified atom stereocenters. The van der Waals surface area contributed by atoms with Crippen molar-refractivity contribution >= 4 is 17.1 Å². The fourth-order valence-corrected chi connectivity index (χ4v) is 13.8. The van der Waals surface area contributed by atoms with Crippen molar-refractivity contribution in [1.29, 1.82) is 0 Å². The van der Waals surface area contributed by atoms with Gasteiger partial charge in [-0.3, -0.25) is 0 Å². The van der Waals surface area contributed by atoms with Crippen molar-refractivity contribution in [2.45, 2.75) is 89.4 Å². The molecule has 0 saturated carbocycles. The van der Waals surface area contributed by atoms with Crippen LogP contribution in [-0.4, -0.2) is 0 Å². The highest BCUT2D eigenvalue weighted by molar-refractivity contribution is 5.99. The largest absolute Gasteiger partial charge is 0.310 e. The van der Waals surface area contributed by atoms with Crippen LogP contribution in [0, 0.1) is 0 Å². The predicted octanol–water partition coefficient (Wildman–Crippen LogP) is 19.4. The van der Waals surface area contributed by atoms with Crippen molar-refractivity contribution in [1.82, 2.24) is 0 Å². The van der Waals surface area contributed by atoms with Gasteiger partial charge in [0.15, 0.2) is 0 Å². The first-order valence-electron chi connectivity index (χ1n) is 27.0. The van der Waals surface area contributed by atoms with E-state index < -0.39 is 5.41 Å². The topological polar surface area (TPSA) is 3.24 Å². The molecule has 0 radical (unpaired) electrons. The molecule has 1 heteroatoms. The highest BCUT2D eigenvalue weighted by atomic mass is 15.1. The third-order valence-corrected chi connectivity index (χ3v) is 17.5. The molecule has 1 nitrogen and oxygen atoms in total. The lowest BCUT2D eigenvalue weighted by Gasteiger charge is -2.36. The van der Waals surface area contributed by atoms with Crippen LogP contribution in [-0.2, 0) is 27.1 Å². The van der Waals surface area contributed by atoms with Crippen LogP contribution >= 0.6 is 0 Å². The third kappa shape index (κ3) is 6.90. The second-order valence-corrected chi connectivity index (χ2v) is 24.2. The molecule has 0 bridgehead atoms. The Morgan fingerprint density at radius 3 is 1.51 bits per heavy atom. The maximum absolute atomic E-state index is 2.59. The Balaban J connectivity index is 1.11. The summed E-state index contributed by atoms with van der Waals surface area (Å²) in [6, 6.07) is 88.2. The molecule has 3 aliphatic rings. The molecule has 0 aromatic heterocycles. The lowest BCUT2D eigenvalue weighted by molar-refractivity contribution is 0.585. The molecule has 0 N–H and O–H groups in total. The molecule has 0 fully saturated rings. The van der Waals surface area contributed by atoms with Crippen LogP contribution < -0.4 is 4.90 Å². The first-order chi connectivity index (χ1) is 36.1. The van der Waals surface area contributed by atoms with Crippen molar-refractivity contribution in [3.05, 3.63) is 292 Å². The summed E-state index contributed by atoms with van der Waals surface area (Å²) in [5.41, 5.74) is 26.9. The minimum absolute atomic E-state index is 0.0482. The van der Waals surface area contributed by atoms with Gasteiger partial charge >= 0.3 is 0 Å². The molecule has 366 valence electrons. The van der Waals surface area contributed by atoms with Crippen LogP contribution in [0.3, 0.4) is 0 Å². The van der Waals surface area contributed by atoms with Gasteiger partial charge in [-0.25, -0.2) is 0 Å². The van der Waals surface area contributed by atoms with Crippen molar-refractivity contribution in [2.75, 3.05) is 4.90 Å². The molecule has 75 heavy (non-hydrogen) atoms. The molecule has 3 aliphatic carbocycles. The van der Waals surface area contributed by atoms with Crippen molar-refractivity contribution in [3.8, 4) is 44.5 Å². The van der Waals surface area contributed by atoms with E-state index in [4.69, 9.17) is 0 Å². The third-order valence-electron chi connectivity index (χ3n) is 17.5. The maximum Gasteiger partial charge on any atom is 0.0714 e. The molecule has 13 rings (SSSR count). The standard InChI is InChI=1S/C74H65N/c1-70(2,3)50-27-20-29-52(45-50)74(53-30-21-28-51(46-53)71(4,5)6)64-39-18-15-34-61(64)68-65(74)40-23-41-67(68)75(55-42-43-59-57-32-14-17-38-63(57)73(9,66(59)47-55)49-25-11-10-12-26-49)54-31-19-24-48(44-54)56-35-22-36-60-58-33-13-16-37-62(58)72(7,8)69(56)60/h10-47H,1-9H3. The first kappa shape index (κ1) is 46.8. The number of anilines is 3. The van der Waals surface area contributed by atoms with E-state index in [1.54, 1.807) is 0 Å². The van der Waals surface area contributed by atoms with E-state index in [2.05, 4.69) is 298 Å². The Hall–Kier alpha value is -8.00. The lowest BCUT2D eigenvalue weighted by Crippen LogP contribution is -2.30. The van der Waals surface area contributed by atoms with Crippen LogP contribution in [0.15, 0.2) is 231 Å².